The molecule has 2 aromatic heterocycles. The number of ether oxygens (including phenoxy) is 1. The van der Waals surface area contributed by atoms with Crippen molar-refractivity contribution in [1.29, 1.82) is 0 Å². The summed E-state index contributed by atoms with van der Waals surface area (Å²) in [7, 11) is 0. The van der Waals surface area contributed by atoms with Gasteiger partial charge in [-0.05, 0) is 42.5 Å². The maximum absolute atomic E-state index is 14.5. The molecule has 3 aromatic carbocycles. The van der Waals surface area contributed by atoms with Crippen LogP contribution in [0, 0.1) is 5.82 Å². The number of carbonyl (C=O) groups is 1. The Morgan fingerprint density at radius 1 is 0.735 bits per heavy atom. The normalized spacial score (nSPS) is 15.0. The highest BCUT2D eigenvalue weighted by molar-refractivity contribution is 6.14. The van der Waals surface area contributed by atoms with Crippen molar-refractivity contribution in [3.8, 4) is 11.5 Å². The average Bonchev–Trinajstić information content (AvgIpc) is 3.10. The number of carbonyl (C=O) groups excluding carboxylic acids is 1. The summed E-state index contributed by atoms with van der Waals surface area (Å²) in [6.07, 6.45) is 0. The van der Waals surface area contributed by atoms with Crippen molar-refractivity contribution in [3.63, 3.8) is 0 Å². The summed E-state index contributed by atoms with van der Waals surface area (Å²) >= 11 is 0. The van der Waals surface area contributed by atoms with Crippen LogP contribution in [0.1, 0.15) is 16.7 Å². The molecule has 0 fully saturated rings. The molecule has 1 N–H and O–H groups in total. The molecule has 4 heterocycles. The second-order valence-corrected chi connectivity index (χ2v) is 8.18. The van der Waals surface area contributed by atoms with Gasteiger partial charge < -0.3 is 18.9 Å². The van der Waals surface area contributed by atoms with E-state index in [0.717, 1.165) is 6.07 Å². The number of rotatable bonds is 0. The fourth-order valence-electron chi connectivity index (χ4n) is 5.10. The summed E-state index contributed by atoms with van der Waals surface area (Å²) in [4.78, 5) is 40.6. The Labute approximate surface area is 189 Å². The van der Waals surface area contributed by atoms with E-state index in [2.05, 4.69) is 5.32 Å². The molecule has 0 saturated carbocycles. The molecule has 0 radical (unpaired) electrons. The Balaban J connectivity index is 1.77. The minimum Gasteiger partial charge on any atom is -0.455 e. The molecule has 0 saturated heterocycles. The summed E-state index contributed by atoms with van der Waals surface area (Å²) in [5.74, 6) is -1.20. The highest BCUT2D eigenvalue weighted by atomic mass is 19.1. The standard InChI is InChI=1S/C26H12FNO6/c27-12-9-10-16-15(11-12)26(25(31)28-16)19-21(13-5-1-3-7-17(13)32-23(19)29)34-22-14-6-2-4-8-18(14)33-24(30)20(22)26/h1-11H,(H,28,31). The third-order valence-electron chi connectivity index (χ3n) is 6.46. The first-order chi connectivity index (χ1) is 16.5. The van der Waals surface area contributed by atoms with Crippen LogP contribution >= 0.6 is 0 Å². The van der Waals surface area contributed by atoms with Gasteiger partial charge in [0.1, 0.15) is 33.5 Å². The predicted molar refractivity (Wildman–Crippen MR) is 120 cm³/mol. The first kappa shape index (κ1) is 18.8. The van der Waals surface area contributed by atoms with E-state index in [0.29, 0.717) is 10.8 Å². The fraction of sp³-hybridized carbons (Fsp3) is 0.0385. The Morgan fingerprint density at radius 3 is 1.88 bits per heavy atom. The van der Waals surface area contributed by atoms with Crippen LogP contribution in [0.15, 0.2) is 85.2 Å². The van der Waals surface area contributed by atoms with Gasteiger partial charge >= 0.3 is 11.3 Å². The lowest BCUT2D eigenvalue weighted by Gasteiger charge is -2.34. The van der Waals surface area contributed by atoms with Crippen LogP contribution in [-0.4, -0.2) is 5.91 Å². The lowest BCUT2D eigenvalue weighted by molar-refractivity contribution is -0.118. The molecular formula is C26H12FNO6. The molecule has 1 amide bonds. The molecular weight excluding hydrogens is 441 g/mol. The van der Waals surface area contributed by atoms with E-state index in [1.807, 2.05) is 0 Å². The first-order valence-corrected chi connectivity index (χ1v) is 10.4. The molecule has 1 spiro atoms. The number of hydrogen-bond acceptors (Lipinski definition) is 6. The number of fused-ring (bicyclic) bond motifs is 10. The van der Waals surface area contributed by atoms with E-state index in [-0.39, 0.29) is 45.0 Å². The van der Waals surface area contributed by atoms with Gasteiger partial charge in [-0.3, -0.25) is 4.79 Å². The molecule has 2 aliphatic rings. The minimum atomic E-state index is -2.03. The van der Waals surface area contributed by atoms with Crippen LogP contribution in [0.25, 0.3) is 21.9 Å². The molecule has 8 heteroatoms. The minimum absolute atomic E-state index is 0.0716. The highest BCUT2D eigenvalue weighted by Gasteiger charge is 2.59. The van der Waals surface area contributed by atoms with Crippen molar-refractivity contribution in [1.82, 2.24) is 0 Å². The number of benzene rings is 3. The third kappa shape index (κ3) is 2.12. The quantitative estimate of drug-likeness (QED) is 0.348. The number of anilines is 1. The summed E-state index contributed by atoms with van der Waals surface area (Å²) in [6.45, 7) is 0. The van der Waals surface area contributed by atoms with E-state index in [4.69, 9.17) is 13.6 Å². The summed E-state index contributed by atoms with van der Waals surface area (Å²) in [5, 5.41) is 3.55. The largest absolute Gasteiger partial charge is 0.455 e. The number of nitrogens with one attached hydrogen (secondary N) is 1. The maximum atomic E-state index is 14.5. The third-order valence-corrected chi connectivity index (χ3v) is 6.46. The lowest BCUT2D eigenvalue weighted by atomic mass is 9.69. The van der Waals surface area contributed by atoms with Gasteiger partial charge in [0.2, 0.25) is 5.91 Å². The molecule has 7 rings (SSSR count). The van der Waals surface area contributed by atoms with Gasteiger partial charge in [0.15, 0.2) is 11.5 Å². The van der Waals surface area contributed by atoms with Crippen LogP contribution in [-0.2, 0) is 10.2 Å². The van der Waals surface area contributed by atoms with Crippen LogP contribution in [0.3, 0.4) is 0 Å². The number of para-hydroxylation sites is 2. The monoisotopic (exact) mass is 453 g/mol. The zero-order valence-electron chi connectivity index (χ0n) is 17.2. The van der Waals surface area contributed by atoms with E-state index in [9.17, 15) is 18.8 Å². The van der Waals surface area contributed by atoms with Gasteiger partial charge in [-0.25, -0.2) is 14.0 Å². The number of amides is 1. The molecule has 0 atom stereocenters. The lowest BCUT2D eigenvalue weighted by Crippen LogP contribution is -2.46. The van der Waals surface area contributed by atoms with Crippen molar-refractivity contribution in [2.45, 2.75) is 5.41 Å². The first-order valence-electron chi connectivity index (χ1n) is 10.4. The van der Waals surface area contributed by atoms with Gasteiger partial charge in [-0.2, -0.15) is 0 Å². The zero-order valence-corrected chi connectivity index (χ0v) is 17.2. The second-order valence-electron chi connectivity index (χ2n) is 8.18. The molecule has 0 bridgehead atoms. The van der Waals surface area contributed by atoms with E-state index in [1.165, 1.54) is 12.1 Å². The van der Waals surface area contributed by atoms with Crippen LogP contribution < -0.4 is 21.3 Å². The molecule has 164 valence electrons. The summed E-state index contributed by atoms with van der Waals surface area (Å²) in [5.41, 5.74) is -3.33. The van der Waals surface area contributed by atoms with Crippen molar-refractivity contribution < 1.29 is 22.8 Å². The van der Waals surface area contributed by atoms with Crippen molar-refractivity contribution in [2.75, 3.05) is 5.32 Å². The topological polar surface area (TPSA) is 98.8 Å². The average molecular weight is 453 g/mol. The molecule has 0 unspecified atom stereocenters. The maximum Gasteiger partial charge on any atom is 0.345 e. The van der Waals surface area contributed by atoms with Gasteiger partial charge in [0.05, 0.1) is 10.8 Å². The Hall–Kier alpha value is -4.72. The Bertz CT molecular complexity index is 1750. The van der Waals surface area contributed by atoms with Gasteiger partial charge in [-0.15, -0.1) is 0 Å². The Morgan fingerprint density at radius 2 is 1.29 bits per heavy atom. The summed E-state index contributed by atoms with van der Waals surface area (Å²) < 4.78 is 31.8. The zero-order chi connectivity index (χ0) is 23.2. The number of hydrogen-bond donors (Lipinski definition) is 1. The van der Waals surface area contributed by atoms with E-state index < -0.39 is 28.4 Å². The van der Waals surface area contributed by atoms with Crippen molar-refractivity contribution >= 4 is 33.5 Å². The van der Waals surface area contributed by atoms with E-state index >= 15 is 0 Å². The molecule has 34 heavy (non-hydrogen) atoms. The molecule has 7 nitrogen and oxygen atoms in total. The van der Waals surface area contributed by atoms with Crippen LogP contribution in [0.2, 0.25) is 0 Å². The Kier molecular flexibility index (Phi) is 3.43. The highest BCUT2D eigenvalue weighted by Crippen LogP contribution is 2.56. The van der Waals surface area contributed by atoms with Gasteiger partial charge in [0.25, 0.3) is 0 Å². The number of halogens is 1. The fourth-order valence-corrected chi connectivity index (χ4v) is 5.10. The SMILES string of the molecule is O=C1Nc2ccc(F)cc2C12c1c(c3ccccc3oc1=O)Oc1c2c(=O)oc2ccccc12. The molecule has 2 aliphatic heterocycles. The van der Waals surface area contributed by atoms with Crippen LogP contribution in [0.4, 0.5) is 10.1 Å². The summed E-state index contributed by atoms with van der Waals surface area (Å²) in [6, 6.07) is 17.1. The second kappa shape index (κ2) is 6.20. The van der Waals surface area contributed by atoms with Crippen LogP contribution in [0.5, 0.6) is 11.5 Å². The van der Waals surface area contributed by atoms with Gasteiger partial charge in [0, 0.05) is 11.3 Å². The van der Waals surface area contributed by atoms with Crippen molar-refractivity contribution in [3.05, 3.63) is 110 Å². The molecule has 5 aromatic rings. The van der Waals surface area contributed by atoms with Crippen molar-refractivity contribution in [2.24, 2.45) is 0 Å². The van der Waals surface area contributed by atoms with Gasteiger partial charge in [-0.1, -0.05) is 24.3 Å². The molecule has 0 aliphatic carbocycles. The van der Waals surface area contributed by atoms with E-state index in [1.54, 1.807) is 48.5 Å². The predicted octanol–water partition coefficient (Wildman–Crippen LogP) is 4.43. The smallest absolute Gasteiger partial charge is 0.345 e.